The fourth-order valence-corrected chi connectivity index (χ4v) is 3.56. The van der Waals surface area contributed by atoms with Crippen molar-refractivity contribution in [2.45, 2.75) is 70.1 Å². The van der Waals surface area contributed by atoms with E-state index >= 15 is 0 Å². The molecule has 2 aliphatic rings. The highest BCUT2D eigenvalue weighted by molar-refractivity contribution is 5.79. The van der Waals surface area contributed by atoms with Crippen molar-refractivity contribution in [1.82, 2.24) is 16.0 Å². The number of rotatable bonds is 11. The number of carbonyl (C=O) groups is 1. The van der Waals surface area contributed by atoms with Crippen molar-refractivity contribution in [3.63, 3.8) is 0 Å². The Kier molecular flexibility index (Phi) is 9.28. The number of benzene rings is 1. The summed E-state index contributed by atoms with van der Waals surface area (Å²) in [5, 5.41) is 9.57. The van der Waals surface area contributed by atoms with Crippen LogP contribution in [0.25, 0.3) is 0 Å². The Morgan fingerprint density at radius 1 is 1.13 bits per heavy atom. The number of nitrogens with zero attached hydrogens (tertiary/aromatic N) is 1. The molecule has 0 heterocycles. The molecule has 30 heavy (non-hydrogen) atoms. The van der Waals surface area contributed by atoms with Gasteiger partial charge < -0.3 is 25.4 Å². The van der Waals surface area contributed by atoms with Crippen molar-refractivity contribution in [2.75, 3.05) is 26.8 Å². The van der Waals surface area contributed by atoms with Gasteiger partial charge in [-0.1, -0.05) is 31.4 Å². The zero-order valence-electron chi connectivity index (χ0n) is 18.1. The molecule has 0 saturated heterocycles. The zero-order chi connectivity index (χ0) is 21.0. The van der Waals surface area contributed by atoms with E-state index in [9.17, 15) is 4.79 Å². The van der Waals surface area contributed by atoms with E-state index < -0.39 is 0 Å². The molecule has 1 aromatic rings. The predicted molar refractivity (Wildman–Crippen MR) is 119 cm³/mol. The third-order valence-corrected chi connectivity index (χ3v) is 5.41. The number of carbonyl (C=O) groups excluding carboxylic acids is 1. The van der Waals surface area contributed by atoms with E-state index in [1.165, 1.54) is 32.1 Å². The minimum absolute atomic E-state index is 0.0551. The van der Waals surface area contributed by atoms with Gasteiger partial charge in [-0.25, -0.2) is 0 Å². The van der Waals surface area contributed by atoms with E-state index in [1.54, 1.807) is 7.05 Å². The number of hydrogen-bond donors (Lipinski definition) is 3. The van der Waals surface area contributed by atoms with Crippen LogP contribution in [0.5, 0.6) is 5.75 Å². The van der Waals surface area contributed by atoms with Crippen LogP contribution in [0.2, 0.25) is 0 Å². The van der Waals surface area contributed by atoms with Gasteiger partial charge in [0.2, 0.25) is 0 Å². The molecule has 0 aromatic heterocycles. The van der Waals surface area contributed by atoms with Crippen LogP contribution in [0, 0.1) is 0 Å². The van der Waals surface area contributed by atoms with Crippen LogP contribution in [-0.4, -0.2) is 50.8 Å². The molecule has 7 heteroatoms. The molecule has 0 bridgehead atoms. The normalized spacial score (nSPS) is 17.4. The highest BCUT2D eigenvalue weighted by Gasteiger charge is 2.23. The first-order valence-corrected chi connectivity index (χ1v) is 11.3. The highest BCUT2D eigenvalue weighted by Crippen LogP contribution is 2.20. The molecule has 3 rings (SSSR count). The summed E-state index contributed by atoms with van der Waals surface area (Å²) >= 11 is 0. The van der Waals surface area contributed by atoms with Crippen LogP contribution in [-0.2, 0) is 16.1 Å². The lowest BCUT2D eigenvalue weighted by atomic mass is 9.98. The van der Waals surface area contributed by atoms with Gasteiger partial charge in [-0.15, -0.1) is 0 Å². The molecule has 0 spiro atoms. The number of aliphatic imine (C=N–C) groups is 1. The van der Waals surface area contributed by atoms with Crippen molar-refractivity contribution in [2.24, 2.45) is 4.99 Å². The minimum atomic E-state index is -0.0573. The first-order chi connectivity index (χ1) is 14.7. The van der Waals surface area contributed by atoms with Crippen molar-refractivity contribution in [3.8, 4) is 5.75 Å². The Bertz CT molecular complexity index is 685. The molecule has 2 saturated carbocycles. The summed E-state index contributed by atoms with van der Waals surface area (Å²) in [7, 11) is 1.77. The Morgan fingerprint density at radius 3 is 2.73 bits per heavy atom. The van der Waals surface area contributed by atoms with Crippen LogP contribution in [0.3, 0.4) is 0 Å². The molecule has 1 aromatic carbocycles. The lowest BCUT2D eigenvalue weighted by Gasteiger charge is -2.22. The number of ether oxygens (including phenoxy) is 2. The maximum Gasteiger partial charge on any atom is 0.258 e. The zero-order valence-corrected chi connectivity index (χ0v) is 18.1. The standard InChI is InChI=1S/C23H36N4O3/c1-24-23(25-13-6-14-29-20-8-3-2-4-9-20)26-16-18-7-5-10-21(15-18)30-17-22(28)27-19-11-12-19/h5,7,10,15,19-20H,2-4,6,8-9,11-14,16-17H2,1H3,(H,27,28)(H2,24,25,26). The second kappa shape index (κ2) is 12.4. The lowest BCUT2D eigenvalue weighted by molar-refractivity contribution is -0.123. The number of hydrogen-bond acceptors (Lipinski definition) is 4. The van der Waals surface area contributed by atoms with Crippen molar-refractivity contribution in [3.05, 3.63) is 29.8 Å². The SMILES string of the molecule is CN=C(NCCCOC1CCCCC1)NCc1cccc(OCC(=O)NC2CC2)c1. The molecule has 2 aliphatic carbocycles. The molecule has 166 valence electrons. The maximum atomic E-state index is 11.8. The highest BCUT2D eigenvalue weighted by atomic mass is 16.5. The smallest absolute Gasteiger partial charge is 0.258 e. The van der Waals surface area contributed by atoms with E-state index in [0.29, 0.717) is 24.4 Å². The molecule has 7 nitrogen and oxygen atoms in total. The molecule has 2 fully saturated rings. The largest absolute Gasteiger partial charge is 0.484 e. The average molecular weight is 417 g/mol. The second-order valence-electron chi connectivity index (χ2n) is 8.11. The van der Waals surface area contributed by atoms with E-state index in [4.69, 9.17) is 9.47 Å². The van der Waals surface area contributed by atoms with Gasteiger partial charge in [0.15, 0.2) is 12.6 Å². The van der Waals surface area contributed by atoms with Crippen LogP contribution in [0.1, 0.15) is 56.9 Å². The van der Waals surface area contributed by atoms with Gasteiger partial charge in [0.05, 0.1) is 6.10 Å². The monoisotopic (exact) mass is 416 g/mol. The molecular weight excluding hydrogens is 380 g/mol. The van der Waals surface area contributed by atoms with Crippen LogP contribution >= 0.6 is 0 Å². The fourth-order valence-electron chi connectivity index (χ4n) is 3.56. The third kappa shape index (κ3) is 8.61. The summed E-state index contributed by atoms with van der Waals surface area (Å²) in [4.78, 5) is 16.0. The Balaban J connectivity index is 1.30. The summed E-state index contributed by atoms with van der Waals surface area (Å²) in [6.07, 6.45) is 9.97. The van der Waals surface area contributed by atoms with Crippen molar-refractivity contribution in [1.29, 1.82) is 0 Å². The molecule has 1 amide bonds. The first kappa shape index (κ1) is 22.4. The van der Waals surface area contributed by atoms with Crippen molar-refractivity contribution >= 4 is 11.9 Å². The molecule has 0 unspecified atom stereocenters. The van der Waals surface area contributed by atoms with Crippen LogP contribution in [0.4, 0.5) is 0 Å². The summed E-state index contributed by atoms with van der Waals surface area (Å²) in [5.74, 6) is 1.41. The predicted octanol–water partition coefficient (Wildman–Crippen LogP) is 2.75. The van der Waals surface area contributed by atoms with E-state index in [-0.39, 0.29) is 12.5 Å². The summed E-state index contributed by atoms with van der Waals surface area (Å²) in [6.45, 7) is 2.30. The summed E-state index contributed by atoms with van der Waals surface area (Å²) in [5.41, 5.74) is 1.07. The molecule has 3 N–H and O–H groups in total. The maximum absolute atomic E-state index is 11.8. The van der Waals surface area contributed by atoms with Crippen molar-refractivity contribution < 1.29 is 14.3 Å². The quantitative estimate of drug-likeness (QED) is 0.293. The second-order valence-corrected chi connectivity index (χ2v) is 8.11. The molecule has 0 aliphatic heterocycles. The van der Waals surface area contributed by atoms with Gasteiger partial charge in [-0.3, -0.25) is 9.79 Å². The minimum Gasteiger partial charge on any atom is -0.484 e. The number of amides is 1. The summed E-state index contributed by atoms with van der Waals surface area (Å²) in [6, 6.07) is 8.13. The topological polar surface area (TPSA) is 84.0 Å². The molecule has 0 radical (unpaired) electrons. The molecule has 0 atom stereocenters. The van der Waals surface area contributed by atoms with Gasteiger partial charge in [0.25, 0.3) is 5.91 Å². The number of nitrogens with one attached hydrogen (secondary N) is 3. The van der Waals surface area contributed by atoms with E-state index in [0.717, 1.165) is 43.9 Å². The first-order valence-electron chi connectivity index (χ1n) is 11.3. The average Bonchev–Trinajstić information content (AvgIpc) is 3.59. The Morgan fingerprint density at radius 2 is 1.97 bits per heavy atom. The van der Waals surface area contributed by atoms with Gasteiger partial charge in [0, 0.05) is 32.8 Å². The molecular formula is C23H36N4O3. The Hall–Kier alpha value is -2.28. The van der Waals surface area contributed by atoms with Gasteiger partial charge in [-0.05, 0) is 49.8 Å². The lowest BCUT2D eigenvalue weighted by Crippen LogP contribution is -2.37. The van der Waals surface area contributed by atoms with E-state index in [2.05, 4.69) is 20.9 Å². The van der Waals surface area contributed by atoms with Gasteiger partial charge in [0.1, 0.15) is 5.75 Å². The number of guanidine groups is 1. The van der Waals surface area contributed by atoms with Crippen LogP contribution < -0.4 is 20.7 Å². The van der Waals surface area contributed by atoms with Gasteiger partial charge >= 0.3 is 0 Å². The van der Waals surface area contributed by atoms with E-state index in [1.807, 2.05) is 24.3 Å². The van der Waals surface area contributed by atoms with Crippen LogP contribution in [0.15, 0.2) is 29.3 Å². The van der Waals surface area contributed by atoms with Gasteiger partial charge in [-0.2, -0.15) is 0 Å². The fraction of sp³-hybridized carbons (Fsp3) is 0.652. The summed E-state index contributed by atoms with van der Waals surface area (Å²) < 4.78 is 11.6. The third-order valence-electron chi connectivity index (χ3n) is 5.41. The Labute approximate surface area is 180 Å².